The minimum atomic E-state index is 0.0133. The summed E-state index contributed by atoms with van der Waals surface area (Å²) in [6.45, 7) is 6.47. The monoisotopic (exact) mass is 438 g/mol. The van der Waals surface area contributed by atoms with Crippen molar-refractivity contribution in [2.75, 3.05) is 38.0 Å². The minimum absolute atomic E-state index is 0.0133. The average Bonchev–Trinajstić information content (AvgIpc) is 3.06. The zero-order valence-electron chi connectivity index (χ0n) is 18.0. The van der Waals surface area contributed by atoms with E-state index in [1.807, 2.05) is 18.2 Å². The maximum atomic E-state index is 12.3. The van der Waals surface area contributed by atoms with Crippen LogP contribution < -0.4 is 10.2 Å². The van der Waals surface area contributed by atoms with Crippen molar-refractivity contribution in [2.45, 2.75) is 25.8 Å². The number of unbranched alkanes of at least 4 members (excludes halogenated alkanes) is 1. The Morgan fingerprint density at radius 1 is 1.00 bits per heavy atom. The van der Waals surface area contributed by atoms with Crippen molar-refractivity contribution >= 4 is 33.1 Å². The first-order valence-corrected chi connectivity index (χ1v) is 11.8. The molecule has 164 valence electrons. The lowest BCUT2D eigenvalue weighted by molar-refractivity contribution is -0.116. The number of nitrogens with one attached hydrogen (secondary N) is 1. The Morgan fingerprint density at radius 2 is 1.74 bits per heavy atom. The lowest BCUT2D eigenvalue weighted by atomic mass is 10.2. The number of carbonyl (C=O) groups excluding carboxylic acids is 1. The van der Waals surface area contributed by atoms with Crippen LogP contribution in [0.2, 0.25) is 0 Å². The number of piperazine rings is 1. The van der Waals surface area contributed by atoms with Crippen LogP contribution in [0.15, 0.2) is 53.3 Å². The van der Waals surface area contributed by atoms with Crippen molar-refractivity contribution in [2.24, 2.45) is 7.05 Å². The zero-order chi connectivity index (χ0) is 21.6. The van der Waals surface area contributed by atoms with E-state index in [4.69, 9.17) is 0 Å². The standard InChI is InChI=1S/C24H30N4O2S/c1-26-21-11-10-20(17-22(21)31-24(26)30)25-23(29)9-5-6-12-27-13-15-28(16-14-27)18-19-7-3-2-4-8-19/h2-4,7-8,10-11,17H,5-6,9,12-16,18H2,1H3,(H,25,29). The number of aromatic nitrogens is 1. The summed E-state index contributed by atoms with van der Waals surface area (Å²) in [6, 6.07) is 16.3. The largest absolute Gasteiger partial charge is 0.326 e. The molecule has 2 heterocycles. The van der Waals surface area contributed by atoms with Gasteiger partial charge in [0.05, 0.1) is 10.2 Å². The Morgan fingerprint density at radius 3 is 2.52 bits per heavy atom. The first-order valence-electron chi connectivity index (χ1n) is 11.0. The third kappa shape index (κ3) is 5.81. The lowest BCUT2D eigenvalue weighted by Crippen LogP contribution is -2.46. The van der Waals surface area contributed by atoms with E-state index in [9.17, 15) is 9.59 Å². The van der Waals surface area contributed by atoms with Gasteiger partial charge in [0.1, 0.15) is 0 Å². The molecule has 4 rings (SSSR count). The fourth-order valence-corrected chi connectivity index (χ4v) is 4.99. The summed E-state index contributed by atoms with van der Waals surface area (Å²) in [7, 11) is 1.77. The fourth-order valence-electron chi connectivity index (χ4n) is 4.07. The Bertz CT molecular complexity index is 1070. The van der Waals surface area contributed by atoms with E-state index in [-0.39, 0.29) is 10.8 Å². The SMILES string of the molecule is Cn1c(=O)sc2cc(NC(=O)CCCCN3CCN(Cc4ccccc4)CC3)ccc21. The number of thiazole rings is 1. The van der Waals surface area contributed by atoms with Crippen LogP contribution in [0.1, 0.15) is 24.8 Å². The highest BCUT2D eigenvalue weighted by molar-refractivity contribution is 7.16. The van der Waals surface area contributed by atoms with E-state index in [0.29, 0.717) is 6.42 Å². The molecule has 1 aliphatic heterocycles. The number of benzene rings is 2. The summed E-state index contributed by atoms with van der Waals surface area (Å²) in [6.07, 6.45) is 2.44. The summed E-state index contributed by atoms with van der Waals surface area (Å²) in [5, 5.41) is 2.97. The Labute approximate surface area is 187 Å². The lowest BCUT2D eigenvalue weighted by Gasteiger charge is -2.34. The summed E-state index contributed by atoms with van der Waals surface area (Å²) in [4.78, 5) is 29.1. The van der Waals surface area contributed by atoms with Crippen molar-refractivity contribution in [3.05, 3.63) is 63.8 Å². The highest BCUT2D eigenvalue weighted by Gasteiger charge is 2.16. The van der Waals surface area contributed by atoms with E-state index in [1.165, 1.54) is 16.9 Å². The molecule has 0 radical (unpaired) electrons. The van der Waals surface area contributed by atoms with Crippen LogP contribution in [0.5, 0.6) is 0 Å². The maximum Gasteiger partial charge on any atom is 0.307 e. The van der Waals surface area contributed by atoms with Gasteiger partial charge in [0.2, 0.25) is 5.91 Å². The van der Waals surface area contributed by atoms with Gasteiger partial charge in [0.25, 0.3) is 0 Å². The van der Waals surface area contributed by atoms with Crippen LogP contribution in [0.4, 0.5) is 5.69 Å². The van der Waals surface area contributed by atoms with Gasteiger partial charge in [0.15, 0.2) is 0 Å². The molecular formula is C24H30N4O2S. The van der Waals surface area contributed by atoms with E-state index in [0.717, 1.165) is 68.0 Å². The van der Waals surface area contributed by atoms with Crippen LogP contribution in [-0.4, -0.2) is 53.0 Å². The Kier molecular flexibility index (Phi) is 7.17. The van der Waals surface area contributed by atoms with Crippen molar-refractivity contribution in [1.29, 1.82) is 0 Å². The van der Waals surface area contributed by atoms with Gasteiger partial charge in [-0.25, -0.2) is 0 Å². The smallest absolute Gasteiger partial charge is 0.307 e. The van der Waals surface area contributed by atoms with Gasteiger partial charge in [-0.1, -0.05) is 41.7 Å². The van der Waals surface area contributed by atoms with Crippen molar-refractivity contribution < 1.29 is 4.79 Å². The molecule has 3 aromatic rings. The highest BCUT2D eigenvalue weighted by atomic mass is 32.1. The number of rotatable bonds is 8. The molecule has 1 amide bonds. The van der Waals surface area contributed by atoms with Gasteiger partial charge in [-0.2, -0.15) is 0 Å². The molecule has 31 heavy (non-hydrogen) atoms. The van der Waals surface area contributed by atoms with Crippen LogP contribution in [0, 0.1) is 0 Å². The quantitative estimate of drug-likeness (QED) is 0.547. The minimum Gasteiger partial charge on any atom is -0.326 e. The molecule has 1 saturated heterocycles. The number of anilines is 1. The third-order valence-corrected chi connectivity index (χ3v) is 6.91. The van der Waals surface area contributed by atoms with Gasteiger partial charge in [-0.15, -0.1) is 0 Å². The molecule has 0 spiro atoms. The fraction of sp³-hybridized carbons (Fsp3) is 0.417. The van der Waals surface area contributed by atoms with Crippen molar-refractivity contribution in [3.63, 3.8) is 0 Å². The second kappa shape index (κ2) is 10.2. The maximum absolute atomic E-state index is 12.3. The van der Waals surface area contributed by atoms with Gasteiger partial charge in [-0.3, -0.25) is 14.5 Å². The first kappa shape index (κ1) is 21.7. The van der Waals surface area contributed by atoms with Crippen LogP contribution in [0.25, 0.3) is 10.2 Å². The molecule has 1 fully saturated rings. The molecular weight excluding hydrogens is 408 g/mol. The number of aryl methyl sites for hydroxylation is 1. The molecule has 1 N–H and O–H groups in total. The van der Waals surface area contributed by atoms with E-state index >= 15 is 0 Å². The summed E-state index contributed by atoms with van der Waals surface area (Å²) >= 11 is 1.20. The van der Waals surface area contributed by atoms with Crippen molar-refractivity contribution in [3.8, 4) is 0 Å². The molecule has 2 aromatic carbocycles. The van der Waals surface area contributed by atoms with Gasteiger partial charge >= 0.3 is 4.87 Å². The van der Waals surface area contributed by atoms with Crippen LogP contribution in [0.3, 0.4) is 0 Å². The zero-order valence-corrected chi connectivity index (χ0v) is 18.9. The first-order chi connectivity index (χ1) is 15.1. The predicted octanol–water partition coefficient (Wildman–Crippen LogP) is 3.53. The molecule has 0 unspecified atom stereocenters. The number of nitrogens with zero attached hydrogens (tertiary/aromatic N) is 3. The van der Waals surface area contributed by atoms with E-state index in [1.54, 1.807) is 11.6 Å². The summed E-state index contributed by atoms with van der Waals surface area (Å²) in [5.74, 6) is 0.0373. The number of carbonyl (C=O) groups is 1. The second-order valence-electron chi connectivity index (χ2n) is 8.22. The molecule has 0 aliphatic carbocycles. The second-order valence-corrected chi connectivity index (χ2v) is 9.21. The molecule has 0 bridgehead atoms. The topological polar surface area (TPSA) is 57.6 Å². The normalized spacial score (nSPS) is 15.4. The molecule has 7 heteroatoms. The Balaban J connectivity index is 1.13. The van der Waals surface area contributed by atoms with Crippen LogP contribution >= 0.6 is 11.3 Å². The number of amides is 1. The average molecular weight is 439 g/mol. The molecule has 1 aromatic heterocycles. The molecule has 0 saturated carbocycles. The number of hydrogen-bond donors (Lipinski definition) is 1. The van der Waals surface area contributed by atoms with Crippen LogP contribution in [-0.2, 0) is 18.4 Å². The summed E-state index contributed by atoms with van der Waals surface area (Å²) in [5.41, 5.74) is 3.04. The number of hydrogen-bond acceptors (Lipinski definition) is 5. The molecule has 1 aliphatic rings. The van der Waals surface area contributed by atoms with E-state index in [2.05, 4.69) is 45.4 Å². The Hall–Kier alpha value is -2.48. The van der Waals surface area contributed by atoms with Gasteiger partial charge in [-0.05, 0) is 43.1 Å². The van der Waals surface area contributed by atoms with Crippen molar-refractivity contribution in [1.82, 2.24) is 14.4 Å². The predicted molar refractivity (Wildman–Crippen MR) is 128 cm³/mol. The molecule has 6 nitrogen and oxygen atoms in total. The van der Waals surface area contributed by atoms with Gasteiger partial charge < -0.3 is 14.8 Å². The highest BCUT2D eigenvalue weighted by Crippen LogP contribution is 2.21. The summed E-state index contributed by atoms with van der Waals surface area (Å²) < 4.78 is 2.53. The van der Waals surface area contributed by atoms with Gasteiger partial charge in [0, 0.05) is 51.9 Å². The third-order valence-electron chi connectivity index (χ3n) is 5.92. The molecule has 0 atom stereocenters. The number of fused-ring (bicyclic) bond motifs is 1. The van der Waals surface area contributed by atoms with E-state index < -0.39 is 0 Å².